The predicted molar refractivity (Wildman–Crippen MR) is 77.3 cm³/mol. The fourth-order valence-corrected chi connectivity index (χ4v) is 2.59. The van der Waals surface area contributed by atoms with Crippen LogP contribution in [0.25, 0.3) is 11.0 Å². The van der Waals surface area contributed by atoms with Crippen molar-refractivity contribution in [2.75, 3.05) is 13.7 Å². The lowest BCUT2D eigenvalue weighted by molar-refractivity contribution is 0.0697. The second-order valence-electron chi connectivity index (χ2n) is 5.47. The van der Waals surface area contributed by atoms with Crippen molar-refractivity contribution in [1.29, 1.82) is 0 Å². The van der Waals surface area contributed by atoms with Gasteiger partial charge in [0, 0.05) is 13.5 Å². The minimum absolute atomic E-state index is 0.237. The molecule has 0 radical (unpaired) electrons. The summed E-state index contributed by atoms with van der Waals surface area (Å²) in [7, 11) is 1.68. The number of benzene rings is 1. The van der Waals surface area contributed by atoms with Crippen LogP contribution in [0.1, 0.15) is 37.0 Å². The first kappa shape index (κ1) is 14.5. The molecule has 2 rings (SSSR count). The van der Waals surface area contributed by atoms with Crippen LogP contribution in [0.15, 0.2) is 18.2 Å². The van der Waals surface area contributed by atoms with Gasteiger partial charge in [0.2, 0.25) is 0 Å². The van der Waals surface area contributed by atoms with Crippen molar-refractivity contribution in [3.63, 3.8) is 0 Å². The van der Waals surface area contributed by atoms with Crippen molar-refractivity contribution in [3.8, 4) is 0 Å². The van der Waals surface area contributed by atoms with E-state index in [0.717, 1.165) is 17.8 Å². The maximum absolute atomic E-state index is 11.1. The van der Waals surface area contributed by atoms with E-state index < -0.39 is 5.97 Å². The molecule has 0 unspecified atom stereocenters. The number of hydrogen-bond acceptors (Lipinski definition) is 3. The van der Waals surface area contributed by atoms with E-state index in [4.69, 9.17) is 9.84 Å². The van der Waals surface area contributed by atoms with Crippen LogP contribution < -0.4 is 0 Å². The zero-order valence-electron chi connectivity index (χ0n) is 12.3. The predicted octanol–water partition coefficient (Wildman–Crippen LogP) is 2.68. The highest BCUT2D eigenvalue weighted by Crippen LogP contribution is 2.27. The Balaban J connectivity index is 2.67. The van der Waals surface area contributed by atoms with E-state index in [0.29, 0.717) is 12.1 Å². The van der Waals surface area contributed by atoms with Crippen molar-refractivity contribution in [2.45, 2.75) is 32.7 Å². The van der Waals surface area contributed by atoms with Crippen molar-refractivity contribution in [2.24, 2.45) is 0 Å². The number of carbonyl (C=O) groups is 1. The Hall–Kier alpha value is -1.88. The van der Waals surface area contributed by atoms with Gasteiger partial charge in [-0.25, -0.2) is 9.78 Å². The molecule has 2 aromatic rings. The Morgan fingerprint density at radius 1 is 1.45 bits per heavy atom. The van der Waals surface area contributed by atoms with E-state index in [1.165, 1.54) is 0 Å². The van der Waals surface area contributed by atoms with Gasteiger partial charge in [-0.05, 0) is 32.0 Å². The molecule has 0 aliphatic heterocycles. The lowest BCUT2D eigenvalue weighted by Crippen LogP contribution is -2.32. The Bertz CT molecular complexity index is 644. The first-order valence-electron chi connectivity index (χ1n) is 6.64. The monoisotopic (exact) mass is 276 g/mol. The third-order valence-electron chi connectivity index (χ3n) is 3.39. The van der Waals surface area contributed by atoms with E-state index in [9.17, 15) is 4.79 Å². The standard InChI is InChI=1S/C15H20N2O3/c1-5-13-16-11-8-10(14(18)19)6-7-12(11)17(13)15(2,3)9-20-4/h6-8H,5,9H2,1-4H3,(H,18,19). The second kappa shape index (κ2) is 5.25. The van der Waals surface area contributed by atoms with Crippen LogP contribution >= 0.6 is 0 Å². The van der Waals surface area contributed by atoms with Gasteiger partial charge in [0.25, 0.3) is 0 Å². The molecule has 0 amide bonds. The number of rotatable bonds is 5. The minimum atomic E-state index is -0.935. The zero-order chi connectivity index (χ0) is 14.9. The van der Waals surface area contributed by atoms with E-state index >= 15 is 0 Å². The summed E-state index contributed by atoms with van der Waals surface area (Å²) in [5.41, 5.74) is 1.67. The summed E-state index contributed by atoms with van der Waals surface area (Å²) < 4.78 is 7.43. The van der Waals surface area contributed by atoms with Crippen molar-refractivity contribution in [3.05, 3.63) is 29.6 Å². The molecule has 0 fully saturated rings. The van der Waals surface area contributed by atoms with Crippen LogP contribution in [0.4, 0.5) is 0 Å². The van der Waals surface area contributed by atoms with E-state index in [1.807, 2.05) is 13.0 Å². The molecule has 0 saturated carbocycles. The normalized spacial score (nSPS) is 12.0. The number of fused-ring (bicyclic) bond motifs is 1. The SMILES string of the molecule is CCc1nc2cc(C(=O)O)ccc2n1C(C)(C)COC. The summed E-state index contributed by atoms with van der Waals surface area (Å²) in [6.45, 7) is 6.77. The summed E-state index contributed by atoms with van der Waals surface area (Å²) in [4.78, 5) is 15.6. The maximum atomic E-state index is 11.1. The number of methoxy groups -OCH3 is 1. The Morgan fingerprint density at radius 2 is 2.15 bits per heavy atom. The number of carboxylic acids is 1. The van der Waals surface area contributed by atoms with Gasteiger partial charge in [-0.3, -0.25) is 0 Å². The number of aryl methyl sites for hydroxylation is 1. The number of carboxylic acid groups (broad SMARTS) is 1. The van der Waals surface area contributed by atoms with Gasteiger partial charge in [-0.15, -0.1) is 0 Å². The van der Waals surface area contributed by atoms with Crippen LogP contribution in [-0.2, 0) is 16.7 Å². The summed E-state index contributed by atoms with van der Waals surface area (Å²) in [6.07, 6.45) is 0.782. The third kappa shape index (κ3) is 2.41. The minimum Gasteiger partial charge on any atom is -0.478 e. The second-order valence-corrected chi connectivity index (χ2v) is 5.47. The van der Waals surface area contributed by atoms with Crippen molar-refractivity contribution in [1.82, 2.24) is 9.55 Å². The number of aromatic nitrogens is 2. The number of hydrogen-bond donors (Lipinski definition) is 1. The average Bonchev–Trinajstić information content (AvgIpc) is 2.76. The van der Waals surface area contributed by atoms with Gasteiger partial charge in [-0.1, -0.05) is 6.92 Å². The first-order chi connectivity index (χ1) is 9.40. The Kier molecular flexibility index (Phi) is 3.81. The Morgan fingerprint density at radius 3 is 2.70 bits per heavy atom. The van der Waals surface area contributed by atoms with E-state index in [2.05, 4.69) is 23.4 Å². The summed E-state index contributed by atoms with van der Waals surface area (Å²) in [5.74, 6) is 0.000221. The summed E-state index contributed by atoms with van der Waals surface area (Å²) >= 11 is 0. The van der Waals surface area contributed by atoms with E-state index in [-0.39, 0.29) is 11.1 Å². The molecule has 0 aliphatic rings. The van der Waals surface area contributed by atoms with E-state index in [1.54, 1.807) is 19.2 Å². The highest BCUT2D eigenvalue weighted by atomic mass is 16.5. The van der Waals surface area contributed by atoms with Crippen molar-refractivity contribution < 1.29 is 14.6 Å². The number of ether oxygens (including phenoxy) is 1. The molecule has 1 heterocycles. The topological polar surface area (TPSA) is 64.3 Å². The van der Waals surface area contributed by atoms with Gasteiger partial charge in [-0.2, -0.15) is 0 Å². The quantitative estimate of drug-likeness (QED) is 0.912. The molecule has 5 nitrogen and oxygen atoms in total. The molecule has 0 aliphatic carbocycles. The Labute approximate surface area is 118 Å². The molecule has 1 aromatic carbocycles. The lowest BCUT2D eigenvalue weighted by Gasteiger charge is -2.28. The molecule has 108 valence electrons. The van der Waals surface area contributed by atoms with Crippen LogP contribution in [0.3, 0.4) is 0 Å². The van der Waals surface area contributed by atoms with Gasteiger partial charge < -0.3 is 14.4 Å². The molecule has 0 saturated heterocycles. The van der Waals surface area contributed by atoms with Gasteiger partial charge >= 0.3 is 5.97 Å². The zero-order valence-corrected chi connectivity index (χ0v) is 12.3. The summed E-state index contributed by atoms with van der Waals surface area (Å²) in [5, 5.41) is 9.07. The molecule has 20 heavy (non-hydrogen) atoms. The number of nitrogens with zero attached hydrogens (tertiary/aromatic N) is 2. The number of imidazole rings is 1. The highest BCUT2D eigenvalue weighted by molar-refractivity contribution is 5.92. The molecule has 1 aromatic heterocycles. The third-order valence-corrected chi connectivity index (χ3v) is 3.39. The fraction of sp³-hybridized carbons (Fsp3) is 0.467. The molecule has 0 spiro atoms. The smallest absolute Gasteiger partial charge is 0.335 e. The summed E-state index contributed by atoms with van der Waals surface area (Å²) in [6, 6.07) is 5.06. The average molecular weight is 276 g/mol. The van der Waals surface area contributed by atoms with Crippen LogP contribution in [0, 0.1) is 0 Å². The molecule has 5 heteroatoms. The van der Waals surface area contributed by atoms with Crippen LogP contribution in [0.5, 0.6) is 0 Å². The first-order valence-corrected chi connectivity index (χ1v) is 6.64. The van der Waals surface area contributed by atoms with Crippen LogP contribution in [0.2, 0.25) is 0 Å². The molecule has 1 N–H and O–H groups in total. The lowest BCUT2D eigenvalue weighted by atomic mass is 10.1. The van der Waals surface area contributed by atoms with Gasteiger partial charge in [0.15, 0.2) is 0 Å². The molecular weight excluding hydrogens is 256 g/mol. The number of aromatic carboxylic acids is 1. The molecular formula is C15H20N2O3. The molecule has 0 atom stereocenters. The van der Waals surface area contributed by atoms with Gasteiger partial charge in [0.05, 0.1) is 28.7 Å². The maximum Gasteiger partial charge on any atom is 0.335 e. The molecule has 0 bridgehead atoms. The highest BCUT2D eigenvalue weighted by Gasteiger charge is 2.25. The fourth-order valence-electron chi connectivity index (χ4n) is 2.59. The van der Waals surface area contributed by atoms with Crippen LogP contribution in [-0.4, -0.2) is 34.3 Å². The van der Waals surface area contributed by atoms with Gasteiger partial charge in [0.1, 0.15) is 5.82 Å². The largest absolute Gasteiger partial charge is 0.478 e. The van der Waals surface area contributed by atoms with Crippen molar-refractivity contribution >= 4 is 17.0 Å².